The molecule has 42 heavy (non-hydrogen) atoms. The number of Topliss-reactive ketones (excluding diaryl/α,β-unsaturated/α-hetero) is 1. The molecule has 0 radical (unpaired) electrons. The summed E-state index contributed by atoms with van der Waals surface area (Å²) in [6.07, 6.45) is 12.7. The molecule has 1 unspecified atom stereocenters. The van der Waals surface area contributed by atoms with E-state index in [0.717, 1.165) is 38.9 Å². The Morgan fingerprint density at radius 1 is 0.905 bits per heavy atom. The van der Waals surface area contributed by atoms with Crippen LogP contribution in [0, 0.1) is 50.7 Å². The van der Waals surface area contributed by atoms with Crippen LogP contribution in [-0.2, 0) is 9.53 Å². The number of carbonyl (C=O) groups excluding carboxylic acids is 2. The van der Waals surface area contributed by atoms with Crippen molar-refractivity contribution >= 4 is 11.9 Å². The summed E-state index contributed by atoms with van der Waals surface area (Å²) in [6.45, 7) is 23.3. The Morgan fingerprint density at radius 2 is 1.62 bits per heavy atom. The third-order valence-corrected chi connectivity index (χ3v) is 14.9. The zero-order valence-corrected chi connectivity index (χ0v) is 28.2. The number of hydrogen-bond donors (Lipinski definition) is 1. The minimum Gasteiger partial charge on any atom is -0.448 e. The van der Waals surface area contributed by atoms with Crippen LogP contribution in [0.25, 0.3) is 0 Å². The fraction of sp³-hybridized carbons (Fsp3) is 0.892. The number of nitrogens with zero attached hydrogens (tertiary/aromatic N) is 1. The van der Waals surface area contributed by atoms with Crippen LogP contribution in [-0.4, -0.2) is 49.1 Å². The first-order valence-electron chi connectivity index (χ1n) is 17.6. The van der Waals surface area contributed by atoms with Crippen molar-refractivity contribution in [3.05, 3.63) is 11.1 Å². The molecule has 1 aliphatic heterocycles. The second-order valence-corrected chi connectivity index (χ2v) is 17.5. The lowest BCUT2D eigenvalue weighted by atomic mass is 9.33. The lowest BCUT2D eigenvalue weighted by Gasteiger charge is -2.72. The number of ether oxygens (including phenoxy) is 1. The molecular weight excluding hydrogens is 520 g/mol. The minimum atomic E-state index is -0.227. The normalized spacial score (nSPS) is 44.8. The maximum absolute atomic E-state index is 13.4. The van der Waals surface area contributed by atoms with Crippen molar-refractivity contribution in [2.45, 2.75) is 132 Å². The number of amides is 1. The first-order chi connectivity index (χ1) is 19.7. The van der Waals surface area contributed by atoms with Crippen molar-refractivity contribution in [2.75, 3.05) is 26.2 Å². The van der Waals surface area contributed by atoms with E-state index in [4.69, 9.17) is 4.74 Å². The molecule has 5 heteroatoms. The smallest absolute Gasteiger partial charge is 0.407 e. The quantitative estimate of drug-likeness (QED) is 0.356. The summed E-state index contributed by atoms with van der Waals surface area (Å²) in [6, 6.07) is 0.157. The van der Waals surface area contributed by atoms with E-state index in [-0.39, 0.29) is 39.2 Å². The minimum absolute atomic E-state index is 0.0242. The summed E-state index contributed by atoms with van der Waals surface area (Å²) >= 11 is 0. The molecule has 8 atom stereocenters. The molecule has 1 heterocycles. The Kier molecular flexibility index (Phi) is 7.55. The highest BCUT2D eigenvalue weighted by Gasteiger charge is 2.69. The SMILES string of the molecule is CC(C)C1=C2[C@H]3CC[C@@H]4[C@@]5(C)CCC(NC(=O)OCCN6CCCC6)C(C)(C)[C@@H]5CC[C@@]4(C)[C@]3(C)CC[C@@]2(C)CC1=O. The van der Waals surface area contributed by atoms with Crippen LogP contribution in [0.3, 0.4) is 0 Å². The summed E-state index contributed by atoms with van der Waals surface area (Å²) < 4.78 is 5.69. The molecule has 236 valence electrons. The van der Waals surface area contributed by atoms with Gasteiger partial charge in [-0.2, -0.15) is 0 Å². The van der Waals surface area contributed by atoms with Gasteiger partial charge in [-0.05, 0) is 134 Å². The molecule has 0 spiro atoms. The molecule has 1 N–H and O–H groups in total. The molecule has 0 aromatic heterocycles. The molecule has 5 fully saturated rings. The van der Waals surface area contributed by atoms with E-state index in [9.17, 15) is 9.59 Å². The van der Waals surface area contributed by atoms with Crippen molar-refractivity contribution < 1.29 is 14.3 Å². The van der Waals surface area contributed by atoms with E-state index < -0.39 is 0 Å². The highest BCUT2D eigenvalue weighted by Crippen LogP contribution is 2.76. The van der Waals surface area contributed by atoms with Gasteiger partial charge in [-0.3, -0.25) is 9.69 Å². The van der Waals surface area contributed by atoms with E-state index in [0.29, 0.717) is 36.1 Å². The predicted octanol–water partition coefficient (Wildman–Crippen LogP) is 8.18. The van der Waals surface area contributed by atoms with E-state index >= 15 is 0 Å². The van der Waals surface area contributed by atoms with Crippen LogP contribution in [0.5, 0.6) is 0 Å². The predicted molar refractivity (Wildman–Crippen MR) is 169 cm³/mol. The third kappa shape index (κ3) is 4.39. The lowest BCUT2D eigenvalue weighted by Crippen LogP contribution is -2.66. The number of alkyl carbamates (subject to hydrolysis) is 1. The van der Waals surface area contributed by atoms with Gasteiger partial charge in [-0.25, -0.2) is 4.79 Å². The molecule has 5 aliphatic carbocycles. The Hall–Kier alpha value is -1.36. The monoisotopic (exact) mass is 580 g/mol. The van der Waals surface area contributed by atoms with Gasteiger partial charge >= 0.3 is 6.09 Å². The second kappa shape index (κ2) is 10.3. The summed E-state index contributed by atoms with van der Waals surface area (Å²) in [5.41, 5.74) is 3.67. The van der Waals surface area contributed by atoms with Gasteiger partial charge in [0.2, 0.25) is 0 Å². The van der Waals surface area contributed by atoms with Gasteiger partial charge in [0, 0.05) is 19.0 Å². The van der Waals surface area contributed by atoms with Crippen LogP contribution in [0.4, 0.5) is 4.79 Å². The molecule has 6 rings (SSSR count). The van der Waals surface area contributed by atoms with Gasteiger partial charge in [0.25, 0.3) is 0 Å². The number of fused-ring (bicyclic) bond motifs is 7. The molecule has 5 nitrogen and oxygen atoms in total. The fourth-order valence-electron chi connectivity index (χ4n) is 12.6. The molecule has 6 aliphatic rings. The summed E-state index contributed by atoms with van der Waals surface area (Å²) in [7, 11) is 0. The van der Waals surface area contributed by atoms with E-state index in [2.05, 4.69) is 65.6 Å². The molecule has 0 bridgehead atoms. The number of nitrogens with one attached hydrogen (secondary N) is 1. The van der Waals surface area contributed by atoms with Crippen LogP contribution in [0.1, 0.15) is 126 Å². The number of likely N-dealkylation sites (tertiary alicyclic amines) is 1. The topological polar surface area (TPSA) is 58.6 Å². The third-order valence-electron chi connectivity index (χ3n) is 14.9. The zero-order chi connectivity index (χ0) is 30.3. The van der Waals surface area contributed by atoms with Crippen molar-refractivity contribution in [1.82, 2.24) is 10.2 Å². The van der Waals surface area contributed by atoms with Gasteiger partial charge in [0.1, 0.15) is 6.61 Å². The molecule has 1 saturated heterocycles. The Labute approximate surface area is 256 Å². The summed E-state index contributed by atoms with van der Waals surface area (Å²) in [4.78, 5) is 28.7. The Morgan fingerprint density at radius 3 is 2.31 bits per heavy atom. The van der Waals surface area contributed by atoms with Gasteiger partial charge in [0.15, 0.2) is 5.78 Å². The largest absolute Gasteiger partial charge is 0.448 e. The van der Waals surface area contributed by atoms with Crippen LogP contribution in [0.15, 0.2) is 11.1 Å². The number of allylic oxidation sites excluding steroid dienone is 2. The average molecular weight is 581 g/mol. The van der Waals surface area contributed by atoms with Gasteiger partial charge in [0.05, 0.1) is 0 Å². The first kappa shape index (κ1) is 30.7. The molecule has 0 aromatic carbocycles. The van der Waals surface area contributed by atoms with E-state index in [1.54, 1.807) is 5.57 Å². The molecule has 1 amide bonds. The maximum atomic E-state index is 13.4. The van der Waals surface area contributed by atoms with Crippen molar-refractivity contribution in [2.24, 2.45) is 50.7 Å². The van der Waals surface area contributed by atoms with Crippen LogP contribution < -0.4 is 5.32 Å². The fourth-order valence-corrected chi connectivity index (χ4v) is 12.6. The molecule has 0 aromatic rings. The number of hydrogen-bond acceptors (Lipinski definition) is 4. The van der Waals surface area contributed by atoms with Crippen molar-refractivity contribution in [1.29, 1.82) is 0 Å². The van der Waals surface area contributed by atoms with Crippen LogP contribution in [0.2, 0.25) is 0 Å². The molecule has 4 saturated carbocycles. The van der Waals surface area contributed by atoms with E-state index in [1.165, 1.54) is 56.9 Å². The average Bonchev–Trinajstić information content (AvgIpc) is 3.51. The standard InChI is InChI=1S/C37H60N2O3/c1-24(2)30-26(40)23-34(5)17-18-36(7)25(31(30)34)11-12-28-35(6)15-14-29(33(3,4)27(35)13-16-37(28,36)8)38-32(41)42-22-21-39-19-9-10-20-39/h24-25,27-29H,9-23H2,1-8H3,(H,38,41)/t25-,27+,28-,29?,34+,35+,36-,37-/m1/s1. The Bertz CT molecular complexity index is 1140. The first-order valence-corrected chi connectivity index (χ1v) is 17.6. The van der Waals surface area contributed by atoms with Crippen molar-refractivity contribution in [3.63, 3.8) is 0 Å². The number of rotatable bonds is 5. The van der Waals surface area contributed by atoms with E-state index in [1.807, 2.05) is 0 Å². The van der Waals surface area contributed by atoms with Gasteiger partial charge < -0.3 is 10.1 Å². The molecular formula is C37H60N2O3. The van der Waals surface area contributed by atoms with Crippen LogP contribution >= 0.6 is 0 Å². The highest BCUT2D eigenvalue weighted by molar-refractivity contribution is 6.00. The highest BCUT2D eigenvalue weighted by atomic mass is 16.5. The van der Waals surface area contributed by atoms with Crippen molar-refractivity contribution in [3.8, 4) is 0 Å². The zero-order valence-electron chi connectivity index (χ0n) is 28.2. The Balaban J connectivity index is 1.21. The summed E-state index contributed by atoms with van der Waals surface area (Å²) in [5, 5.41) is 3.35. The van der Waals surface area contributed by atoms with Gasteiger partial charge in [-0.1, -0.05) is 61.0 Å². The lowest BCUT2D eigenvalue weighted by molar-refractivity contribution is -0.215. The number of carbonyl (C=O) groups is 2. The maximum Gasteiger partial charge on any atom is 0.407 e. The summed E-state index contributed by atoms with van der Waals surface area (Å²) in [5.74, 6) is 2.58. The number of ketones is 1. The second-order valence-electron chi connectivity index (χ2n) is 17.5. The van der Waals surface area contributed by atoms with Gasteiger partial charge in [-0.15, -0.1) is 0 Å².